The van der Waals surface area contributed by atoms with Crippen molar-refractivity contribution in [2.24, 2.45) is 0 Å². The number of fused-ring (bicyclic) bond motifs is 2. The number of carbonyl (C=O) groups is 6. The molecule has 4 aromatic carbocycles. The smallest absolute Gasteiger partial charge is 0.346 e. The van der Waals surface area contributed by atoms with Gasteiger partial charge in [-0.2, -0.15) is 0 Å². The fourth-order valence-corrected chi connectivity index (χ4v) is 5.28. The summed E-state index contributed by atoms with van der Waals surface area (Å²) in [4.78, 5) is 73.0. The zero-order valence-electron chi connectivity index (χ0n) is 23.9. The molecule has 10 heteroatoms. The second kappa shape index (κ2) is 10.4. The first-order valence-electron chi connectivity index (χ1n) is 13.4. The van der Waals surface area contributed by atoms with Gasteiger partial charge in [0.15, 0.2) is 0 Å². The van der Waals surface area contributed by atoms with Crippen LogP contribution >= 0.6 is 0 Å². The summed E-state index contributed by atoms with van der Waals surface area (Å²) in [5, 5.41) is 0. The molecule has 0 unspecified atom stereocenters. The van der Waals surface area contributed by atoms with Crippen molar-refractivity contribution < 1.29 is 47.7 Å². The minimum Gasteiger partial charge on any atom is -0.422 e. The first-order chi connectivity index (χ1) is 20.9. The van der Waals surface area contributed by atoms with E-state index in [0.717, 1.165) is 11.1 Å². The van der Waals surface area contributed by atoms with Gasteiger partial charge in [-0.1, -0.05) is 0 Å². The van der Waals surface area contributed by atoms with Crippen LogP contribution in [0.15, 0.2) is 60.7 Å². The van der Waals surface area contributed by atoms with Crippen LogP contribution in [-0.2, 0) is 9.47 Å². The third kappa shape index (κ3) is 4.82. The van der Waals surface area contributed by atoms with Crippen molar-refractivity contribution in [3.05, 3.63) is 116 Å². The lowest BCUT2D eigenvalue weighted by Crippen LogP contribution is -2.12. The highest BCUT2D eigenvalue weighted by Gasteiger charge is 2.32. The number of ether oxygens (including phenoxy) is 4. The molecule has 6 rings (SSSR count). The molecule has 44 heavy (non-hydrogen) atoms. The van der Waals surface area contributed by atoms with E-state index < -0.39 is 35.8 Å². The Morgan fingerprint density at radius 1 is 0.477 bits per heavy atom. The second-order valence-corrected chi connectivity index (χ2v) is 10.5. The summed E-state index contributed by atoms with van der Waals surface area (Å²) >= 11 is 0. The van der Waals surface area contributed by atoms with Crippen LogP contribution in [0.25, 0.3) is 11.1 Å². The zero-order valence-corrected chi connectivity index (χ0v) is 23.9. The van der Waals surface area contributed by atoms with Gasteiger partial charge in [0.2, 0.25) is 0 Å². The molecule has 0 fully saturated rings. The summed E-state index contributed by atoms with van der Waals surface area (Å²) in [5.74, 6) is -3.80. The van der Waals surface area contributed by atoms with E-state index in [1.165, 1.54) is 36.4 Å². The molecule has 0 saturated heterocycles. The summed E-state index contributed by atoms with van der Waals surface area (Å²) in [7, 11) is 0. The standard InChI is InChI=1S/C34H22O10/c1-15-9-21(10-16(2)27(15)41-29(35)19-5-7-23-25(13-19)33(39)43-31(23)37)22-11-17(3)28(18(4)12-22)42-30(36)20-6-8-24-26(14-20)34(40)44-32(24)38/h5-14H,1-4H3. The number of esters is 6. The molecular weight excluding hydrogens is 568 g/mol. The van der Waals surface area contributed by atoms with Crippen molar-refractivity contribution in [3.8, 4) is 22.6 Å². The van der Waals surface area contributed by atoms with Crippen LogP contribution < -0.4 is 9.47 Å². The van der Waals surface area contributed by atoms with Crippen molar-refractivity contribution in [1.29, 1.82) is 0 Å². The first-order valence-corrected chi connectivity index (χ1v) is 13.4. The number of cyclic esters (lactones) is 4. The zero-order chi connectivity index (χ0) is 31.4. The van der Waals surface area contributed by atoms with E-state index in [-0.39, 0.29) is 33.4 Å². The molecular formula is C34H22O10. The maximum atomic E-state index is 12.9. The SMILES string of the molecule is Cc1cc(-c2cc(C)c(OC(=O)c3ccc4c(c3)C(=O)OC4=O)c(C)c2)cc(C)c1OC(=O)c1ccc2c(c1)C(=O)OC2=O. The molecule has 218 valence electrons. The molecule has 2 aliphatic heterocycles. The topological polar surface area (TPSA) is 139 Å². The van der Waals surface area contributed by atoms with Gasteiger partial charge in [-0.25, -0.2) is 28.8 Å². The Morgan fingerprint density at radius 3 is 1.14 bits per heavy atom. The molecule has 0 radical (unpaired) electrons. The van der Waals surface area contributed by atoms with Crippen molar-refractivity contribution in [2.75, 3.05) is 0 Å². The maximum absolute atomic E-state index is 12.9. The molecule has 0 saturated carbocycles. The molecule has 0 bridgehead atoms. The maximum Gasteiger partial charge on any atom is 0.346 e. The summed E-state index contributed by atoms with van der Waals surface area (Å²) in [5.41, 5.74) is 4.84. The van der Waals surface area contributed by atoms with Gasteiger partial charge >= 0.3 is 35.8 Å². The van der Waals surface area contributed by atoms with E-state index in [9.17, 15) is 28.8 Å². The van der Waals surface area contributed by atoms with Gasteiger partial charge in [-0.05, 0) is 122 Å². The lowest BCUT2D eigenvalue weighted by Gasteiger charge is -2.16. The van der Waals surface area contributed by atoms with E-state index in [0.29, 0.717) is 33.8 Å². The van der Waals surface area contributed by atoms with Gasteiger partial charge in [-0.15, -0.1) is 0 Å². The fraction of sp³-hybridized carbons (Fsp3) is 0.118. The average molecular weight is 591 g/mol. The Labute approximate surface area is 250 Å². The van der Waals surface area contributed by atoms with Gasteiger partial charge in [0.1, 0.15) is 11.5 Å². The first kappa shape index (κ1) is 28.2. The van der Waals surface area contributed by atoms with Crippen molar-refractivity contribution in [1.82, 2.24) is 0 Å². The molecule has 10 nitrogen and oxygen atoms in total. The fourth-order valence-electron chi connectivity index (χ4n) is 5.28. The number of carbonyl (C=O) groups excluding carboxylic acids is 6. The Balaban J connectivity index is 1.22. The van der Waals surface area contributed by atoms with Gasteiger partial charge < -0.3 is 18.9 Å². The predicted octanol–water partition coefficient (Wildman–Crippen LogP) is 5.65. The molecule has 0 spiro atoms. The van der Waals surface area contributed by atoms with Crippen LogP contribution in [0.4, 0.5) is 0 Å². The van der Waals surface area contributed by atoms with Crippen molar-refractivity contribution >= 4 is 35.8 Å². The lowest BCUT2D eigenvalue weighted by atomic mass is 9.96. The van der Waals surface area contributed by atoms with Crippen LogP contribution in [0.1, 0.15) is 84.4 Å². The van der Waals surface area contributed by atoms with E-state index in [2.05, 4.69) is 9.47 Å². The molecule has 0 aromatic heterocycles. The van der Waals surface area contributed by atoms with Crippen molar-refractivity contribution in [3.63, 3.8) is 0 Å². The summed E-state index contributed by atoms with van der Waals surface area (Å²) in [6, 6.07) is 15.5. The normalized spacial score (nSPS) is 13.3. The molecule has 4 aromatic rings. The van der Waals surface area contributed by atoms with Crippen LogP contribution in [-0.4, -0.2) is 35.8 Å². The Hall–Kier alpha value is -5.90. The molecule has 0 aliphatic carbocycles. The molecule has 0 N–H and O–H groups in total. The average Bonchev–Trinajstić information content (AvgIpc) is 3.44. The quantitative estimate of drug-likeness (QED) is 0.163. The van der Waals surface area contributed by atoms with Crippen LogP contribution in [0.2, 0.25) is 0 Å². The molecule has 2 aliphatic rings. The van der Waals surface area contributed by atoms with Gasteiger partial charge in [0.05, 0.1) is 33.4 Å². The van der Waals surface area contributed by atoms with Crippen LogP contribution in [0.3, 0.4) is 0 Å². The number of aryl methyl sites for hydroxylation is 4. The third-order valence-corrected chi connectivity index (χ3v) is 7.40. The number of rotatable bonds is 5. The van der Waals surface area contributed by atoms with Crippen LogP contribution in [0.5, 0.6) is 11.5 Å². The Kier molecular flexibility index (Phi) is 6.69. The summed E-state index contributed by atoms with van der Waals surface area (Å²) in [6.07, 6.45) is 0. The van der Waals surface area contributed by atoms with E-state index in [1.54, 1.807) is 27.7 Å². The van der Waals surface area contributed by atoms with E-state index in [4.69, 9.17) is 9.47 Å². The highest BCUT2D eigenvalue weighted by Crippen LogP contribution is 2.35. The van der Waals surface area contributed by atoms with Gasteiger partial charge in [0, 0.05) is 0 Å². The third-order valence-electron chi connectivity index (χ3n) is 7.40. The molecule has 2 heterocycles. The van der Waals surface area contributed by atoms with Crippen LogP contribution in [0, 0.1) is 27.7 Å². The summed E-state index contributed by atoms with van der Waals surface area (Å²) < 4.78 is 20.5. The molecule has 0 atom stereocenters. The number of hydrogen-bond acceptors (Lipinski definition) is 10. The van der Waals surface area contributed by atoms with E-state index >= 15 is 0 Å². The number of hydrogen-bond donors (Lipinski definition) is 0. The summed E-state index contributed by atoms with van der Waals surface area (Å²) in [6.45, 7) is 7.20. The van der Waals surface area contributed by atoms with E-state index in [1.807, 2.05) is 24.3 Å². The van der Waals surface area contributed by atoms with Crippen molar-refractivity contribution in [2.45, 2.75) is 27.7 Å². The van der Waals surface area contributed by atoms with Gasteiger partial charge in [0.25, 0.3) is 0 Å². The second-order valence-electron chi connectivity index (χ2n) is 10.5. The largest absolute Gasteiger partial charge is 0.422 e. The Bertz CT molecular complexity index is 1830. The highest BCUT2D eigenvalue weighted by atomic mass is 16.6. The Morgan fingerprint density at radius 2 is 0.795 bits per heavy atom. The lowest BCUT2D eigenvalue weighted by molar-refractivity contribution is 0.0425. The van der Waals surface area contributed by atoms with Gasteiger partial charge in [-0.3, -0.25) is 0 Å². The minimum absolute atomic E-state index is 0.0153. The minimum atomic E-state index is -0.810. The highest BCUT2D eigenvalue weighted by molar-refractivity contribution is 6.16. The predicted molar refractivity (Wildman–Crippen MR) is 153 cm³/mol. The molecule has 0 amide bonds. The monoisotopic (exact) mass is 590 g/mol. The number of benzene rings is 4.